The van der Waals surface area contributed by atoms with Crippen LogP contribution in [0.5, 0.6) is 0 Å². The molecule has 0 bridgehead atoms. The molecule has 0 amide bonds. The van der Waals surface area contributed by atoms with E-state index >= 15 is 0 Å². The van der Waals surface area contributed by atoms with E-state index in [4.69, 9.17) is 4.74 Å². The van der Waals surface area contributed by atoms with E-state index in [1.54, 1.807) is 0 Å². The molecule has 3 rings (SSSR count). The Morgan fingerprint density at radius 1 is 1.11 bits per heavy atom. The van der Waals surface area contributed by atoms with Crippen LogP contribution in [-0.4, -0.2) is 46.5 Å². The second kappa shape index (κ2) is 6.53. The fraction of sp³-hybridized carbons (Fsp3) is 0.800. The van der Waals surface area contributed by atoms with Gasteiger partial charge >= 0.3 is 0 Å². The molecule has 0 radical (unpaired) electrons. The van der Waals surface area contributed by atoms with Gasteiger partial charge in [0.15, 0.2) is 0 Å². The van der Waals surface area contributed by atoms with Gasteiger partial charge in [-0.1, -0.05) is 6.42 Å². The predicted molar refractivity (Wildman–Crippen MR) is 75.0 cm³/mol. The zero-order valence-corrected chi connectivity index (χ0v) is 11.7. The summed E-state index contributed by atoms with van der Waals surface area (Å²) in [5.41, 5.74) is 0. The summed E-state index contributed by atoms with van der Waals surface area (Å²) in [4.78, 5) is 2.64. The molecule has 0 N–H and O–H groups in total. The van der Waals surface area contributed by atoms with Crippen LogP contribution >= 0.6 is 0 Å². The van der Waals surface area contributed by atoms with E-state index in [1.807, 2.05) is 12.3 Å². The van der Waals surface area contributed by atoms with Crippen molar-refractivity contribution in [2.75, 3.05) is 19.7 Å². The van der Waals surface area contributed by atoms with E-state index in [0.717, 1.165) is 19.7 Å². The second-order valence-corrected chi connectivity index (χ2v) is 5.86. The normalized spacial score (nSPS) is 29.5. The summed E-state index contributed by atoms with van der Waals surface area (Å²) in [7, 11) is 0. The van der Waals surface area contributed by atoms with Crippen molar-refractivity contribution < 1.29 is 4.74 Å². The highest BCUT2D eigenvalue weighted by atomic mass is 16.5. The maximum atomic E-state index is 5.90. The van der Waals surface area contributed by atoms with E-state index < -0.39 is 0 Å². The van der Waals surface area contributed by atoms with Crippen molar-refractivity contribution in [2.24, 2.45) is 0 Å². The van der Waals surface area contributed by atoms with E-state index in [9.17, 15) is 0 Å². The van der Waals surface area contributed by atoms with Gasteiger partial charge in [-0.05, 0) is 44.7 Å². The van der Waals surface area contributed by atoms with Gasteiger partial charge in [-0.3, -0.25) is 9.58 Å². The summed E-state index contributed by atoms with van der Waals surface area (Å²) in [6, 6.07) is 2.65. The number of hydrogen-bond donors (Lipinski definition) is 0. The van der Waals surface area contributed by atoms with Gasteiger partial charge in [0.2, 0.25) is 0 Å². The molecule has 2 unspecified atom stereocenters. The number of rotatable bonds is 4. The lowest BCUT2D eigenvalue weighted by atomic mass is 10.00. The van der Waals surface area contributed by atoms with E-state index in [-0.39, 0.29) is 0 Å². The maximum absolute atomic E-state index is 5.90. The minimum absolute atomic E-state index is 0.465. The lowest BCUT2D eigenvalue weighted by Gasteiger charge is -2.38. The largest absolute Gasteiger partial charge is 0.377 e. The average molecular weight is 263 g/mol. The molecule has 19 heavy (non-hydrogen) atoms. The molecule has 2 aliphatic rings. The van der Waals surface area contributed by atoms with Crippen molar-refractivity contribution in [3.05, 3.63) is 18.5 Å². The van der Waals surface area contributed by atoms with E-state index in [1.165, 1.54) is 45.1 Å². The second-order valence-electron chi connectivity index (χ2n) is 5.86. The van der Waals surface area contributed by atoms with Crippen LogP contribution in [0.15, 0.2) is 18.5 Å². The monoisotopic (exact) mass is 263 g/mol. The van der Waals surface area contributed by atoms with Crippen molar-refractivity contribution in [1.29, 1.82) is 0 Å². The number of ether oxygens (including phenoxy) is 1. The van der Waals surface area contributed by atoms with E-state index in [0.29, 0.717) is 12.1 Å². The molecule has 1 aromatic rings. The Balaban J connectivity index is 1.56. The Labute approximate surface area is 115 Å². The molecule has 2 atom stereocenters. The minimum Gasteiger partial charge on any atom is -0.377 e. The Bertz CT molecular complexity index is 359. The fourth-order valence-corrected chi connectivity index (χ4v) is 3.34. The van der Waals surface area contributed by atoms with Gasteiger partial charge in [-0.25, -0.2) is 0 Å². The highest BCUT2D eigenvalue weighted by molar-refractivity contribution is 4.84. The summed E-state index contributed by atoms with van der Waals surface area (Å²) in [5, 5.41) is 4.35. The highest BCUT2D eigenvalue weighted by Crippen LogP contribution is 2.21. The van der Waals surface area contributed by atoms with Crippen molar-refractivity contribution >= 4 is 0 Å². The van der Waals surface area contributed by atoms with Crippen LogP contribution in [0.2, 0.25) is 0 Å². The third-order valence-electron chi connectivity index (χ3n) is 4.42. The summed E-state index contributed by atoms with van der Waals surface area (Å²) < 4.78 is 7.97. The zero-order valence-electron chi connectivity index (χ0n) is 11.7. The van der Waals surface area contributed by atoms with Crippen molar-refractivity contribution in [3.63, 3.8) is 0 Å². The van der Waals surface area contributed by atoms with Gasteiger partial charge in [0.25, 0.3) is 0 Å². The lowest BCUT2D eigenvalue weighted by Crippen LogP contribution is -2.46. The average Bonchev–Trinajstić information content (AvgIpc) is 2.95. The van der Waals surface area contributed by atoms with Crippen LogP contribution < -0.4 is 0 Å². The Hall–Kier alpha value is -0.870. The molecule has 0 saturated carbocycles. The molecule has 0 aliphatic carbocycles. The van der Waals surface area contributed by atoms with Crippen LogP contribution in [0.4, 0.5) is 0 Å². The van der Waals surface area contributed by atoms with Gasteiger partial charge in [0, 0.05) is 31.6 Å². The van der Waals surface area contributed by atoms with Crippen LogP contribution in [0.3, 0.4) is 0 Å². The molecule has 1 aromatic heterocycles. The maximum Gasteiger partial charge on any atom is 0.0702 e. The van der Waals surface area contributed by atoms with Crippen LogP contribution in [0, 0.1) is 0 Å². The van der Waals surface area contributed by atoms with Crippen LogP contribution in [0.1, 0.15) is 38.5 Å². The molecule has 2 saturated heterocycles. The lowest BCUT2D eigenvalue weighted by molar-refractivity contribution is -0.0215. The smallest absolute Gasteiger partial charge is 0.0702 e. The molecule has 4 nitrogen and oxygen atoms in total. The van der Waals surface area contributed by atoms with Crippen molar-refractivity contribution in [1.82, 2.24) is 14.7 Å². The fourth-order valence-electron chi connectivity index (χ4n) is 3.34. The topological polar surface area (TPSA) is 30.3 Å². The number of nitrogens with zero attached hydrogens (tertiary/aromatic N) is 3. The quantitative estimate of drug-likeness (QED) is 0.835. The van der Waals surface area contributed by atoms with Crippen molar-refractivity contribution in [3.8, 4) is 0 Å². The molecular formula is C15H25N3O. The highest BCUT2D eigenvalue weighted by Gasteiger charge is 2.26. The number of likely N-dealkylation sites (tertiary alicyclic amines) is 1. The van der Waals surface area contributed by atoms with Gasteiger partial charge < -0.3 is 4.74 Å². The summed E-state index contributed by atoms with van der Waals surface area (Å²) >= 11 is 0. The first-order chi connectivity index (χ1) is 9.42. The number of aromatic nitrogens is 2. The van der Waals surface area contributed by atoms with Crippen molar-refractivity contribution in [2.45, 2.75) is 57.2 Å². The van der Waals surface area contributed by atoms with Crippen LogP contribution in [-0.2, 0) is 11.3 Å². The molecule has 106 valence electrons. The Morgan fingerprint density at radius 2 is 2.05 bits per heavy atom. The molecule has 3 heterocycles. The van der Waals surface area contributed by atoms with Gasteiger partial charge in [0.05, 0.1) is 12.6 Å². The first-order valence-electron chi connectivity index (χ1n) is 7.75. The SMILES string of the molecule is c1cnn(CC2CCCCN2CC2CCCCO2)c1. The first-order valence-corrected chi connectivity index (χ1v) is 7.75. The third kappa shape index (κ3) is 3.57. The first kappa shape index (κ1) is 13.1. The predicted octanol–water partition coefficient (Wildman–Crippen LogP) is 2.31. The molecule has 4 heteroatoms. The standard InChI is InChI=1S/C15H25N3O/c1-3-9-17(13-15-7-2-4-11-19-15)14(6-1)12-18-10-5-8-16-18/h5,8,10,14-15H,1-4,6-7,9,11-13H2. The molecule has 0 spiro atoms. The summed E-state index contributed by atoms with van der Waals surface area (Å²) in [6.45, 7) is 4.33. The Kier molecular flexibility index (Phi) is 4.51. The van der Waals surface area contributed by atoms with Gasteiger partial charge in [-0.2, -0.15) is 5.10 Å². The zero-order chi connectivity index (χ0) is 12.9. The summed E-state index contributed by atoms with van der Waals surface area (Å²) in [5.74, 6) is 0. The van der Waals surface area contributed by atoms with E-state index in [2.05, 4.69) is 20.9 Å². The number of piperidine rings is 1. The molecule has 2 aliphatic heterocycles. The Morgan fingerprint density at radius 3 is 2.84 bits per heavy atom. The molecule has 0 aromatic carbocycles. The minimum atomic E-state index is 0.465. The third-order valence-corrected chi connectivity index (χ3v) is 4.42. The summed E-state index contributed by atoms with van der Waals surface area (Å²) in [6.07, 6.45) is 12.2. The van der Waals surface area contributed by atoms with Crippen LogP contribution in [0.25, 0.3) is 0 Å². The molecule has 2 fully saturated rings. The molecular weight excluding hydrogens is 238 g/mol. The number of hydrogen-bond acceptors (Lipinski definition) is 3. The van der Waals surface area contributed by atoms with Gasteiger partial charge in [0.1, 0.15) is 0 Å². The van der Waals surface area contributed by atoms with Gasteiger partial charge in [-0.15, -0.1) is 0 Å².